The number of halogens is 1. The molecule has 4 heteroatoms. The lowest BCUT2D eigenvalue weighted by Crippen LogP contribution is -2.30. The summed E-state index contributed by atoms with van der Waals surface area (Å²) in [6, 6.07) is 4.85. The normalized spacial score (nSPS) is 22.4. The number of nitrogens with zero attached hydrogens (tertiary/aromatic N) is 1. The van der Waals surface area contributed by atoms with Crippen molar-refractivity contribution in [1.29, 1.82) is 0 Å². The van der Waals surface area contributed by atoms with Crippen LogP contribution in [0.15, 0.2) is 18.2 Å². The highest BCUT2D eigenvalue weighted by atomic mass is 19.1. The number of benzene rings is 1. The van der Waals surface area contributed by atoms with Crippen molar-refractivity contribution < 1.29 is 9.13 Å². The Bertz CT molecular complexity index is 363. The molecule has 0 bridgehead atoms. The molecule has 1 saturated heterocycles. The zero-order valence-electron chi connectivity index (χ0n) is 10.2. The molecule has 1 aliphatic heterocycles. The van der Waals surface area contributed by atoms with Crippen LogP contribution in [0.25, 0.3) is 0 Å². The molecule has 0 amide bonds. The van der Waals surface area contributed by atoms with Crippen LogP contribution in [0.1, 0.15) is 18.9 Å². The quantitative estimate of drug-likeness (QED) is 0.801. The number of rotatable bonds is 2. The number of nitrogen functional groups attached to an aromatic ring is 1. The monoisotopic (exact) mass is 238 g/mol. The fraction of sp³-hybridized carbons (Fsp3) is 0.538. The maximum Gasteiger partial charge on any atom is 0.129 e. The van der Waals surface area contributed by atoms with Gasteiger partial charge in [-0.15, -0.1) is 0 Å². The molecule has 0 aliphatic carbocycles. The second-order valence-corrected chi connectivity index (χ2v) is 4.58. The SMILES string of the molecule is CC1CN(Cc2c(N)cccc2F)CCCO1. The Hall–Kier alpha value is -1.13. The topological polar surface area (TPSA) is 38.5 Å². The van der Waals surface area contributed by atoms with E-state index in [0.717, 1.165) is 26.1 Å². The van der Waals surface area contributed by atoms with Gasteiger partial charge in [-0.25, -0.2) is 4.39 Å². The van der Waals surface area contributed by atoms with E-state index in [4.69, 9.17) is 10.5 Å². The van der Waals surface area contributed by atoms with Crippen LogP contribution >= 0.6 is 0 Å². The third-order valence-electron chi connectivity index (χ3n) is 3.07. The first kappa shape index (κ1) is 12.3. The Kier molecular flexibility index (Phi) is 3.97. The first-order valence-electron chi connectivity index (χ1n) is 6.03. The Morgan fingerprint density at radius 1 is 1.53 bits per heavy atom. The van der Waals surface area contributed by atoms with E-state index in [0.29, 0.717) is 17.8 Å². The average molecular weight is 238 g/mol. The zero-order valence-corrected chi connectivity index (χ0v) is 10.2. The van der Waals surface area contributed by atoms with Crippen molar-refractivity contribution in [2.24, 2.45) is 0 Å². The summed E-state index contributed by atoms with van der Waals surface area (Å²) in [4.78, 5) is 2.20. The van der Waals surface area contributed by atoms with E-state index in [1.54, 1.807) is 12.1 Å². The van der Waals surface area contributed by atoms with E-state index in [-0.39, 0.29) is 11.9 Å². The minimum atomic E-state index is -0.220. The fourth-order valence-corrected chi connectivity index (χ4v) is 2.19. The number of nitrogens with two attached hydrogens (primary N) is 1. The second-order valence-electron chi connectivity index (χ2n) is 4.58. The van der Waals surface area contributed by atoms with Gasteiger partial charge in [0.2, 0.25) is 0 Å². The molecule has 94 valence electrons. The Balaban J connectivity index is 2.09. The van der Waals surface area contributed by atoms with Crippen LogP contribution in [0, 0.1) is 5.82 Å². The molecule has 2 N–H and O–H groups in total. The van der Waals surface area contributed by atoms with Gasteiger partial charge in [-0.2, -0.15) is 0 Å². The van der Waals surface area contributed by atoms with Gasteiger partial charge in [-0.3, -0.25) is 4.90 Å². The molecule has 0 radical (unpaired) electrons. The molecule has 0 aromatic heterocycles. The zero-order chi connectivity index (χ0) is 12.3. The number of anilines is 1. The highest BCUT2D eigenvalue weighted by Crippen LogP contribution is 2.19. The maximum absolute atomic E-state index is 13.7. The molecule has 1 heterocycles. The van der Waals surface area contributed by atoms with Gasteiger partial charge < -0.3 is 10.5 Å². The molecule has 1 aromatic carbocycles. The average Bonchev–Trinajstić information content (AvgIpc) is 2.48. The van der Waals surface area contributed by atoms with Crippen molar-refractivity contribution in [1.82, 2.24) is 4.90 Å². The van der Waals surface area contributed by atoms with Crippen molar-refractivity contribution in [2.75, 3.05) is 25.4 Å². The molecular weight excluding hydrogens is 219 g/mol. The summed E-state index contributed by atoms with van der Waals surface area (Å²) in [7, 11) is 0. The largest absolute Gasteiger partial charge is 0.398 e. The molecule has 1 aliphatic rings. The molecule has 2 rings (SSSR count). The first-order chi connectivity index (χ1) is 8.16. The van der Waals surface area contributed by atoms with Gasteiger partial charge in [0.05, 0.1) is 6.10 Å². The van der Waals surface area contributed by atoms with Gasteiger partial charge in [-0.05, 0) is 25.5 Å². The van der Waals surface area contributed by atoms with Gasteiger partial charge in [0, 0.05) is 37.5 Å². The molecule has 1 fully saturated rings. The fourth-order valence-electron chi connectivity index (χ4n) is 2.19. The van der Waals surface area contributed by atoms with Crippen LogP contribution in [-0.2, 0) is 11.3 Å². The summed E-state index contributed by atoms with van der Waals surface area (Å²) in [6.45, 7) is 5.14. The van der Waals surface area contributed by atoms with Crippen LogP contribution in [0.2, 0.25) is 0 Å². The smallest absolute Gasteiger partial charge is 0.129 e. The summed E-state index contributed by atoms with van der Waals surface area (Å²) in [5, 5.41) is 0. The summed E-state index contributed by atoms with van der Waals surface area (Å²) in [6.07, 6.45) is 1.18. The Morgan fingerprint density at radius 2 is 2.35 bits per heavy atom. The van der Waals surface area contributed by atoms with Crippen LogP contribution in [0.3, 0.4) is 0 Å². The van der Waals surface area contributed by atoms with E-state index in [1.807, 2.05) is 6.92 Å². The minimum absolute atomic E-state index is 0.200. The van der Waals surface area contributed by atoms with Crippen molar-refractivity contribution in [3.63, 3.8) is 0 Å². The summed E-state index contributed by atoms with van der Waals surface area (Å²) in [5.74, 6) is -0.220. The first-order valence-corrected chi connectivity index (χ1v) is 6.03. The lowest BCUT2D eigenvalue weighted by molar-refractivity contribution is 0.0667. The minimum Gasteiger partial charge on any atom is -0.398 e. The summed E-state index contributed by atoms with van der Waals surface area (Å²) < 4.78 is 19.2. The highest BCUT2D eigenvalue weighted by Gasteiger charge is 2.17. The lowest BCUT2D eigenvalue weighted by atomic mass is 10.1. The van der Waals surface area contributed by atoms with Crippen molar-refractivity contribution >= 4 is 5.69 Å². The summed E-state index contributed by atoms with van der Waals surface area (Å²) in [5.41, 5.74) is 6.94. The standard InChI is InChI=1S/C13H19FN2O/c1-10-8-16(6-3-7-17-10)9-11-12(14)4-2-5-13(11)15/h2,4-5,10H,3,6-9,15H2,1H3. The Labute approximate surface area is 101 Å². The lowest BCUT2D eigenvalue weighted by Gasteiger charge is -2.22. The Morgan fingerprint density at radius 3 is 3.12 bits per heavy atom. The molecule has 1 aromatic rings. The van der Waals surface area contributed by atoms with Crippen LogP contribution in [0.5, 0.6) is 0 Å². The van der Waals surface area contributed by atoms with Gasteiger partial charge in [-0.1, -0.05) is 6.07 Å². The highest BCUT2D eigenvalue weighted by molar-refractivity contribution is 5.47. The second kappa shape index (κ2) is 5.47. The van der Waals surface area contributed by atoms with E-state index in [2.05, 4.69) is 4.90 Å². The predicted molar refractivity (Wildman–Crippen MR) is 66.1 cm³/mol. The summed E-state index contributed by atoms with van der Waals surface area (Å²) >= 11 is 0. The molecule has 17 heavy (non-hydrogen) atoms. The van der Waals surface area contributed by atoms with Crippen LogP contribution in [0.4, 0.5) is 10.1 Å². The van der Waals surface area contributed by atoms with Gasteiger partial charge in [0.15, 0.2) is 0 Å². The number of ether oxygens (including phenoxy) is 1. The van der Waals surface area contributed by atoms with Crippen LogP contribution in [-0.4, -0.2) is 30.7 Å². The number of hydrogen-bond donors (Lipinski definition) is 1. The molecular formula is C13H19FN2O. The van der Waals surface area contributed by atoms with Crippen LogP contribution < -0.4 is 5.73 Å². The van der Waals surface area contributed by atoms with Gasteiger partial charge >= 0.3 is 0 Å². The number of hydrogen-bond acceptors (Lipinski definition) is 3. The van der Waals surface area contributed by atoms with Crippen molar-refractivity contribution in [3.8, 4) is 0 Å². The van der Waals surface area contributed by atoms with E-state index < -0.39 is 0 Å². The molecule has 1 atom stereocenters. The van der Waals surface area contributed by atoms with E-state index in [9.17, 15) is 4.39 Å². The van der Waals surface area contributed by atoms with Gasteiger partial charge in [0.1, 0.15) is 5.82 Å². The van der Waals surface area contributed by atoms with Gasteiger partial charge in [0.25, 0.3) is 0 Å². The van der Waals surface area contributed by atoms with Crippen molar-refractivity contribution in [3.05, 3.63) is 29.6 Å². The molecule has 3 nitrogen and oxygen atoms in total. The van der Waals surface area contributed by atoms with E-state index in [1.165, 1.54) is 6.07 Å². The predicted octanol–water partition coefficient (Wildman–Crippen LogP) is 2.02. The van der Waals surface area contributed by atoms with E-state index >= 15 is 0 Å². The third-order valence-corrected chi connectivity index (χ3v) is 3.07. The maximum atomic E-state index is 13.7. The van der Waals surface area contributed by atoms with Crippen molar-refractivity contribution in [2.45, 2.75) is 26.0 Å². The molecule has 1 unspecified atom stereocenters. The molecule has 0 spiro atoms. The third kappa shape index (κ3) is 3.17. The molecule has 0 saturated carbocycles.